The van der Waals surface area contributed by atoms with Crippen molar-refractivity contribution in [3.8, 4) is 0 Å². The zero-order chi connectivity index (χ0) is 23.3. The molecule has 1 unspecified atom stereocenters. The Hall–Kier alpha value is -3.11. The van der Waals surface area contributed by atoms with Gasteiger partial charge in [-0.25, -0.2) is 9.59 Å². The number of aliphatic hydroxyl groups excluding tert-OH is 3. The number of carboxylic acids is 1. The fourth-order valence-electron chi connectivity index (χ4n) is 2.97. The Balaban J connectivity index is 2.25. The molecule has 1 fully saturated rings. The van der Waals surface area contributed by atoms with Gasteiger partial charge in [0.05, 0.1) is 19.2 Å². The number of H-pyrrole nitrogens is 1. The third-order valence-corrected chi connectivity index (χ3v) is 4.47. The second-order valence-electron chi connectivity index (χ2n) is 6.65. The summed E-state index contributed by atoms with van der Waals surface area (Å²) < 4.78 is 5.92. The molecule has 1 aromatic heterocycles. The third kappa shape index (κ3) is 5.53. The SMILES string of the molecule is CNCC(=O)NC(CO)C(=O)N[C@H]1[C@H](O)[C@@H](O)[C@H](n2ccc(=O)[nH]c2=O)O[C@@H]1C(=O)O. The van der Waals surface area contributed by atoms with Crippen molar-refractivity contribution in [1.82, 2.24) is 25.5 Å². The van der Waals surface area contributed by atoms with E-state index in [-0.39, 0.29) is 6.54 Å². The number of aliphatic carboxylic acids is 1. The summed E-state index contributed by atoms with van der Waals surface area (Å²) in [5.74, 6) is -3.32. The van der Waals surface area contributed by atoms with Gasteiger partial charge in [0, 0.05) is 12.3 Å². The van der Waals surface area contributed by atoms with Gasteiger partial charge in [-0.1, -0.05) is 0 Å². The minimum Gasteiger partial charge on any atom is -0.479 e. The topological polar surface area (TPSA) is 232 Å². The first-order valence-electron chi connectivity index (χ1n) is 9.01. The Morgan fingerprint density at radius 1 is 1.26 bits per heavy atom. The van der Waals surface area contributed by atoms with Crippen molar-refractivity contribution in [1.29, 1.82) is 0 Å². The van der Waals surface area contributed by atoms with E-state index < -0.39 is 72.3 Å². The summed E-state index contributed by atoms with van der Waals surface area (Å²) >= 11 is 0. The number of rotatable bonds is 8. The molecule has 15 heteroatoms. The van der Waals surface area contributed by atoms with Gasteiger partial charge < -0.3 is 41.1 Å². The van der Waals surface area contributed by atoms with Crippen LogP contribution < -0.4 is 27.2 Å². The maximum Gasteiger partial charge on any atom is 0.335 e. The highest BCUT2D eigenvalue weighted by Gasteiger charge is 2.49. The average Bonchev–Trinajstić information content (AvgIpc) is 2.70. The standard InChI is InChI=1S/C16H23N5O10/c1-17-4-8(24)18-6(5-22)13(27)20-9-10(25)11(26)14(31-12(9)15(28)29)21-3-2-7(23)19-16(21)30/h2-3,6,9-12,14,17,22,25-26H,4-5H2,1H3,(H,18,24)(H,20,27)(H,28,29)(H,19,23,30)/t6?,9-,10-,11+,12-,14+/m0/s1. The van der Waals surface area contributed by atoms with E-state index in [0.717, 1.165) is 12.3 Å². The molecule has 1 aliphatic rings. The van der Waals surface area contributed by atoms with Crippen LogP contribution in [0.3, 0.4) is 0 Å². The van der Waals surface area contributed by atoms with Gasteiger partial charge in [0.15, 0.2) is 12.3 Å². The van der Waals surface area contributed by atoms with Crippen molar-refractivity contribution in [3.63, 3.8) is 0 Å². The predicted octanol–water partition coefficient (Wildman–Crippen LogP) is -5.58. The first-order valence-corrected chi connectivity index (χ1v) is 9.01. The number of aromatic amines is 1. The van der Waals surface area contributed by atoms with Crippen LogP contribution in [0.5, 0.6) is 0 Å². The molecule has 1 saturated heterocycles. The van der Waals surface area contributed by atoms with Gasteiger partial charge in [0.1, 0.15) is 18.2 Å². The average molecular weight is 445 g/mol. The molecule has 0 aromatic carbocycles. The number of ether oxygens (including phenoxy) is 1. The van der Waals surface area contributed by atoms with E-state index in [1.807, 2.05) is 4.98 Å². The minimum atomic E-state index is -1.94. The normalized spacial score (nSPS) is 26.6. The lowest BCUT2D eigenvalue weighted by atomic mass is 9.94. The molecule has 0 aliphatic carbocycles. The number of carboxylic acid groups (broad SMARTS) is 1. The van der Waals surface area contributed by atoms with E-state index in [2.05, 4.69) is 16.0 Å². The van der Waals surface area contributed by atoms with Crippen molar-refractivity contribution in [2.24, 2.45) is 0 Å². The Bertz CT molecular complexity index is 930. The molecule has 15 nitrogen and oxygen atoms in total. The van der Waals surface area contributed by atoms with Gasteiger partial charge in [-0.15, -0.1) is 0 Å². The van der Waals surface area contributed by atoms with Crippen LogP contribution in [-0.2, 0) is 19.1 Å². The summed E-state index contributed by atoms with van der Waals surface area (Å²) in [6, 6.07) is -2.25. The molecular formula is C16H23N5O10. The first kappa shape index (κ1) is 24.2. The van der Waals surface area contributed by atoms with Crippen LogP contribution in [0.25, 0.3) is 0 Å². The lowest BCUT2D eigenvalue weighted by molar-refractivity contribution is -0.221. The lowest BCUT2D eigenvalue weighted by Crippen LogP contribution is -2.66. The maximum atomic E-state index is 12.4. The maximum absolute atomic E-state index is 12.4. The van der Waals surface area contributed by atoms with Gasteiger partial charge in [0.25, 0.3) is 5.56 Å². The summed E-state index contributed by atoms with van der Waals surface area (Å²) in [6.07, 6.45) is -6.51. The molecule has 2 rings (SSSR count). The minimum absolute atomic E-state index is 0.162. The van der Waals surface area contributed by atoms with Crippen LogP contribution in [0.4, 0.5) is 0 Å². The van der Waals surface area contributed by atoms with Crippen LogP contribution in [0.2, 0.25) is 0 Å². The molecular weight excluding hydrogens is 422 g/mol. The monoisotopic (exact) mass is 445 g/mol. The number of hydrogen-bond donors (Lipinski definition) is 8. The van der Waals surface area contributed by atoms with Gasteiger partial charge in [-0.3, -0.25) is 23.9 Å². The van der Waals surface area contributed by atoms with E-state index in [9.17, 15) is 44.4 Å². The molecule has 0 saturated carbocycles. The second-order valence-corrected chi connectivity index (χ2v) is 6.65. The van der Waals surface area contributed by atoms with Crippen molar-refractivity contribution in [2.45, 2.75) is 36.6 Å². The predicted molar refractivity (Wildman–Crippen MR) is 99.8 cm³/mol. The summed E-state index contributed by atoms with van der Waals surface area (Å²) in [5, 5.41) is 46.5. The highest BCUT2D eigenvalue weighted by atomic mass is 16.6. The van der Waals surface area contributed by atoms with Gasteiger partial charge in [-0.05, 0) is 7.05 Å². The van der Waals surface area contributed by atoms with Gasteiger partial charge in [0.2, 0.25) is 11.8 Å². The van der Waals surface area contributed by atoms with Crippen molar-refractivity contribution in [3.05, 3.63) is 33.1 Å². The summed E-state index contributed by atoms with van der Waals surface area (Å²) in [4.78, 5) is 60.8. The van der Waals surface area contributed by atoms with E-state index in [0.29, 0.717) is 4.57 Å². The fraction of sp³-hybridized carbons (Fsp3) is 0.562. The summed E-state index contributed by atoms with van der Waals surface area (Å²) in [5.41, 5.74) is -1.77. The zero-order valence-corrected chi connectivity index (χ0v) is 16.2. The molecule has 1 aromatic rings. The van der Waals surface area contributed by atoms with E-state index >= 15 is 0 Å². The number of amides is 2. The number of likely N-dealkylation sites (N-methyl/N-ethyl adjacent to an activating group) is 1. The van der Waals surface area contributed by atoms with Crippen molar-refractivity contribution >= 4 is 17.8 Å². The molecule has 6 atom stereocenters. The highest BCUT2D eigenvalue weighted by molar-refractivity contribution is 5.89. The molecule has 0 bridgehead atoms. The number of hydrogen-bond acceptors (Lipinski definition) is 10. The number of nitrogens with one attached hydrogen (secondary N) is 4. The zero-order valence-electron chi connectivity index (χ0n) is 16.2. The summed E-state index contributed by atoms with van der Waals surface area (Å²) in [6.45, 7) is -0.994. The van der Waals surface area contributed by atoms with Gasteiger partial charge >= 0.3 is 11.7 Å². The first-order chi connectivity index (χ1) is 14.6. The van der Waals surface area contributed by atoms with Gasteiger partial charge in [-0.2, -0.15) is 0 Å². The van der Waals surface area contributed by atoms with Crippen LogP contribution in [0.15, 0.2) is 21.9 Å². The van der Waals surface area contributed by atoms with Crippen molar-refractivity contribution < 1.29 is 39.5 Å². The fourth-order valence-corrected chi connectivity index (χ4v) is 2.97. The van der Waals surface area contributed by atoms with E-state index in [1.54, 1.807) is 0 Å². The second kappa shape index (κ2) is 10.3. The lowest BCUT2D eigenvalue weighted by Gasteiger charge is -2.42. The van der Waals surface area contributed by atoms with Crippen LogP contribution in [0, 0.1) is 0 Å². The number of nitrogens with zero attached hydrogens (tertiary/aromatic N) is 1. The number of aliphatic hydroxyl groups is 3. The molecule has 1 aliphatic heterocycles. The number of carbonyl (C=O) groups excluding carboxylic acids is 2. The largest absolute Gasteiger partial charge is 0.479 e. The Morgan fingerprint density at radius 3 is 2.48 bits per heavy atom. The highest BCUT2D eigenvalue weighted by Crippen LogP contribution is 2.27. The number of carbonyl (C=O) groups is 3. The third-order valence-electron chi connectivity index (χ3n) is 4.47. The van der Waals surface area contributed by atoms with Crippen LogP contribution in [0.1, 0.15) is 6.23 Å². The molecule has 0 radical (unpaired) electrons. The van der Waals surface area contributed by atoms with Crippen molar-refractivity contribution in [2.75, 3.05) is 20.2 Å². The van der Waals surface area contributed by atoms with E-state index in [1.165, 1.54) is 7.05 Å². The van der Waals surface area contributed by atoms with Crippen LogP contribution >= 0.6 is 0 Å². The molecule has 2 amide bonds. The molecule has 0 spiro atoms. The summed E-state index contributed by atoms with van der Waals surface area (Å²) in [7, 11) is 1.48. The van der Waals surface area contributed by atoms with Crippen LogP contribution in [-0.4, -0.2) is 98.4 Å². The Morgan fingerprint density at radius 2 is 1.94 bits per heavy atom. The molecule has 8 N–H and O–H groups in total. The number of aromatic nitrogens is 2. The quantitative estimate of drug-likeness (QED) is 0.188. The smallest absolute Gasteiger partial charge is 0.335 e. The molecule has 172 valence electrons. The molecule has 2 heterocycles. The van der Waals surface area contributed by atoms with E-state index in [4.69, 9.17) is 4.74 Å². The Labute approximate surface area is 173 Å². The Kier molecular flexibility index (Phi) is 8.01. The molecule has 31 heavy (non-hydrogen) atoms.